The van der Waals surface area contributed by atoms with Crippen LogP contribution in [0.25, 0.3) is 11.3 Å². The Labute approximate surface area is 174 Å². The highest BCUT2D eigenvalue weighted by Gasteiger charge is 2.33. The first kappa shape index (κ1) is 20.6. The molecular formula is C21H22N2O5S. The maximum Gasteiger partial charge on any atom is 0.338 e. The summed E-state index contributed by atoms with van der Waals surface area (Å²) in [5, 5.41) is 6.43. The highest BCUT2D eigenvalue weighted by atomic mass is 32.1. The fourth-order valence-corrected chi connectivity index (χ4v) is 3.28. The van der Waals surface area contributed by atoms with Crippen LogP contribution in [0.15, 0.2) is 52.1 Å². The van der Waals surface area contributed by atoms with Gasteiger partial charge in [0, 0.05) is 11.3 Å². The van der Waals surface area contributed by atoms with E-state index in [1.807, 2.05) is 0 Å². The van der Waals surface area contributed by atoms with Crippen molar-refractivity contribution in [2.24, 2.45) is 0 Å². The van der Waals surface area contributed by atoms with Gasteiger partial charge in [-0.05, 0) is 57.3 Å². The molecule has 2 aromatic rings. The predicted octanol–water partition coefficient (Wildman–Crippen LogP) is 3.48. The minimum atomic E-state index is -0.571. The third-order valence-corrected chi connectivity index (χ3v) is 4.55. The third kappa shape index (κ3) is 4.48. The maximum atomic E-state index is 12.6. The van der Waals surface area contributed by atoms with Crippen molar-refractivity contribution >= 4 is 29.3 Å². The van der Waals surface area contributed by atoms with Crippen molar-refractivity contribution in [1.29, 1.82) is 0 Å². The number of furan rings is 1. The topological polar surface area (TPSA) is 89.8 Å². The number of allylic oxidation sites excluding steroid dienone is 1. The minimum Gasteiger partial charge on any atom is -0.465 e. The summed E-state index contributed by atoms with van der Waals surface area (Å²) in [5.41, 5.74) is 2.26. The summed E-state index contributed by atoms with van der Waals surface area (Å²) in [7, 11) is 1.34. The Kier molecular flexibility index (Phi) is 6.03. The summed E-state index contributed by atoms with van der Waals surface area (Å²) in [6.45, 7) is 5.35. The monoisotopic (exact) mass is 414 g/mol. The van der Waals surface area contributed by atoms with Gasteiger partial charge in [0.25, 0.3) is 0 Å². The molecule has 0 amide bonds. The molecule has 1 aromatic heterocycles. The number of methoxy groups -OCH3 is 1. The highest BCUT2D eigenvalue weighted by Crippen LogP contribution is 2.32. The van der Waals surface area contributed by atoms with Crippen molar-refractivity contribution in [3.05, 3.63) is 59.0 Å². The van der Waals surface area contributed by atoms with Crippen molar-refractivity contribution in [2.45, 2.75) is 32.9 Å². The van der Waals surface area contributed by atoms with Gasteiger partial charge in [-0.25, -0.2) is 9.59 Å². The molecular weight excluding hydrogens is 392 g/mol. The summed E-state index contributed by atoms with van der Waals surface area (Å²) in [6, 6.07) is 9.88. The Bertz CT molecular complexity index is 975. The molecule has 0 radical (unpaired) electrons. The van der Waals surface area contributed by atoms with Gasteiger partial charge in [0.1, 0.15) is 17.6 Å². The lowest BCUT2D eigenvalue weighted by atomic mass is 10.0. The van der Waals surface area contributed by atoms with Gasteiger partial charge in [-0.2, -0.15) is 0 Å². The molecule has 8 heteroatoms. The van der Waals surface area contributed by atoms with E-state index in [2.05, 4.69) is 10.6 Å². The van der Waals surface area contributed by atoms with Crippen LogP contribution in [-0.2, 0) is 14.3 Å². The van der Waals surface area contributed by atoms with Crippen LogP contribution in [0.1, 0.15) is 42.9 Å². The van der Waals surface area contributed by atoms with Gasteiger partial charge < -0.3 is 24.5 Å². The Hall–Kier alpha value is -3.13. The first-order chi connectivity index (χ1) is 13.8. The Morgan fingerprint density at radius 2 is 1.79 bits per heavy atom. The lowest BCUT2D eigenvalue weighted by molar-refractivity contribution is -0.143. The molecule has 0 unspecified atom stereocenters. The zero-order valence-electron chi connectivity index (χ0n) is 16.6. The van der Waals surface area contributed by atoms with Crippen LogP contribution in [0.3, 0.4) is 0 Å². The van der Waals surface area contributed by atoms with Gasteiger partial charge in [-0.1, -0.05) is 12.1 Å². The number of hydrogen-bond donors (Lipinski definition) is 2. The van der Waals surface area contributed by atoms with Crippen molar-refractivity contribution in [1.82, 2.24) is 10.6 Å². The summed E-state index contributed by atoms with van der Waals surface area (Å²) in [6.07, 6.45) is -0.252. The first-order valence-electron chi connectivity index (χ1n) is 9.08. The summed E-state index contributed by atoms with van der Waals surface area (Å²) in [4.78, 5) is 24.2. The minimum absolute atomic E-state index is 0.252. The number of nitrogens with one attached hydrogen (secondary N) is 2. The second kappa shape index (κ2) is 8.48. The fraction of sp³-hybridized carbons (Fsp3) is 0.286. The number of esters is 2. The predicted molar refractivity (Wildman–Crippen MR) is 111 cm³/mol. The van der Waals surface area contributed by atoms with Crippen LogP contribution in [0, 0.1) is 0 Å². The SMILES string of the molecule is COC(=O)c1ccc(-c2ccc([C@@H]3NC(=S)NC(C)=C3C(=O)OC(C)C)o2)cc1. The highest BCUT2D eigenvalue weighted by molar-refractivity contribution is 7.80. The van der Waals surface area contributed by atoms with Crippen LogP contribution in [0.4, 0.5) is 0 Å². The maximum absolute atomic E-state index is 12.6. The average molecular weight is 414 g/mol. The van der Waals surface area contributed by atoms with Gasteiger partial charge in [0.2, 0.25) is 0 Å². The van der Waals surface area contributed by atoms with E-state index >= 15 is 0 Å². The van der Waals surface area contributed by atoms with Crippen LogP contribution in [0.5, 0.6) is 0 Å². The number of thiocarbonyl (C=S) groups is 1. The van der Waals surface area contributed by atoms with Crippen molar-refractivity contribution in [3.63, 3.8) is 0 Å². The standard InChI is InChI=1S/C21H22N2O5S/c1-11(2)27-20(25)17-12(3)22-21(29)23-18(17)16-10-9-15(28-16)13-5-7-14(8-6-13)19(24)26-4/h5-11,18H,1-4H3,(H2,22,23,29)/t18-/m0/s1. The van der Waals surface area contributed by atoms with Crippen molar-refractivity contribution in [2.75, 3.05) is 7.11 Å². The first-order valence-corrected chi connectivity index (χ1v) is 9.48. The zero-order valence-corrected chi connectivity index (χ0v) is 17.4. The number of rotatable bonds is 5. The molecule has 3 rings (SSSR count). The average Bonchev–Trinajstić information content (AvgIpc) is 3.16. The van der Waals surface area contributed by atoms with Gasteiger partial charge >= 0.3 is 11.9 Å². The molecule has 7 nitrogen and oxygen atoms in total. The molecule has 1 aromatic carbocycles. The normalized spacial score (nSPS) is 16.3. The van der Waals surface area contributed by atoms with Crippen LogP contribution < -0.4 is 10.6 Å². The molecule has 29 heavy (non-hydrogen) atoms. The molecule has 1 atom stereocenters. The summed E-state index contributed by atoms with van der Waals surface area (Å²) in [5.74, 6) is 0.274. The van der Waals surface area contributed by atoms with Gasteiger partial charge in [-0.3, -0.25) is 0 Å². The largest absolute Gasteiger partial charge is 0.465 e. The summed E-state index contributed by atoms with van der Waals surface area (Å²) >= 11 is 5.24. The second-order valence-corrected chi connectivity index (χ2v) is 7.20. The van der Waals surface area contributed by atoms with Crippen molar-refractivity contribution in [3.8, 4) is 11.3 Å². The van der Waals surface area contributed by atoms with Crippen LogP contribution in [0.2, 0.25) is 0 Å². The zero-order chi connectivity index (χ0) is 21.1. The lowest BCUT2D eigenvalue weighted by Gasteiger charge is -2.28. The van der Waals surface area contributed by atoms with E-state index in [-0.39, 0.29) is 6.10 Å². The Balaban J connectivity index is 1.91. The number of ether oxygens (including phenoxy) is 2. The molecule has 0 fully saturated rings. The smallest absolute Gasteiger partial charge is 0.338 e. The third-order valence-electron chi connectivity index (χ3n) is 4.33. The van der Waals surface area contributed by atoms with E-state index in [0.29, 0.717) is 33.5 Å². The Morgan fingerprint density at radius 1 is 1.10 bits per heavy atom. The molecule has 1 aliphatic heterocycles. The summed E-state index contributed by atoms with van der Waals surface area (Å²) < 4.78 is 16.1. The molecule has 0 aliphatic carbocycles. The number of hydrogen-bond acceptors (Lipinski definition) is 6. The molecule has 1 aliphatic rings. The van der Waals surface area contributed by atoms with Crippen LogP contribution in [-0.4, -0.2) is 30.3 Å². The van der Waals surface area contributed by atoms with E-state index in [1.165, 1.54) is 7.11 Å². The van der Waals surface area contributed by atoms with Gasteiger partial charge in [0.15, 0.2) is 5.11 Å². The molecule has 0 saturated carbocycles. The molecule has 0 bridgehead atoms. The Morgan fingerprint density at radius 3 is 2.41 bits per heavy atom. The molecule has 0 spiro atoms. The number of carbonyl (C=O) groups excluding carboxylic acids is 2. The lowest BCUT2D eigenvalue weighted by Crippen LogP contribution is -2.45. The molecule has 0 saturated heterocycles. The molecule has 2 heterocycles. The van der Waals surface area contributed by atoms with Gasteiger partial charge in [0.05, 0.1) is 24.4 Å². The van der Waals surface area contributed by atoms with E-state index in [9.17, 15) is 9.59 Å². The van der Waals surface area contributed by atoms with E-state index < -0.39 is 18.0 Å². The molecule has 2 N–H and O–H groups in total. The van der Waals surface area contributed by atoms with Crippen molar-refractivity contribution < 1.29 is 23.5 Å². The van der Waals surface area contributed by atoms with E-state index in [4.69, 9.17) is 26.1 Å². The quantitative estimate of drug-likeness (QED) is 0.568. The fourth-order valence-electron chi connectivity index (χ4n) is 3.01. The van der Waals surface area contributed by atoms with Crippen LogP contribution >= 0.6 is 12.2 Å². The number of carbonyl (C=O) groups is 2. The number of benzene rings is 1. The van der Waals surface area contributed by atoms with Gasteiger partial charge in [-0.15, -0.1) is 0 Å². The molecule has 152 valence electrons. The van der Waals surface area contributed by atoms with E-state index in [0.717, 1.165) is 5.56 Å². The van der Waals surface area contributed by atoms with E-state index in [1.54, 1.807) is 57.2 Å². The second-order valence-electron chi connectivity index (χ2n) is 6.80.